The zero-order valence-electron chi connectivity index (χ0n) is 10.2. The fraction of sp³-hybridized carbons (Fsp3) is 0.231. The van der Waals surface area contributed by atoms with Crippen LogP contribution in [0.1, 0.15) is 23.7 Å². The van der Waals surface area contributed by atoms with Gasteiger partial charge in [0.2, 0.25) is 0 Å². The lowest BCUT2D eigenvalue weighted by molar-refractivity contribution is 0.0697. The maximum absolute atomic E-state index is 13.1. The Morgan fingerprint density at radius 3 is 2.84 bits per heavy atom. The maximum atomic E-state index is 13.1. The number of halogens is 2. The Morgan fingerprint density at radius 1 is 1.53 bits per heavy atom. The van der Waals surface area contributed by atoms with Crippen LogP contribution >= 0.6 is 11.6 Å². The Labute approximate surface area is 114 Å². The Bertz CT molecular complexity index is 625. The third-order valence-corrected chi connectivity index (χ3v) is 2.93. The van der Waals surface area contributed by atoms with E-state index in [0.29, 0.717) is 17.8 Å². The molecule has 6 heteroatoms. The SMILES string of the molecule is CCCn1cc(C(=O)O)c(-c2ccc(F)c(Cl)c2)n1. The summed E-state index contributed by atoms with van der Waals surface area (Å²) in [7, 11) is 0. The summed E-state index contributed by atoms with van der Waals surface area (Å²) >= 11 is 5.71. The van der Waals surface area contributed by atoms with Gasteiger partial charge in [-0.05, 0) is 24.6 Å². The van der Waals surface area contributed by atoms with Crippen molar-refractivity contribution in [1.82, 2.24) is 9.78 Å². The van der Waals surface area contributed by atoms with E-state index in [-0.39, 0.29) is 10.6 Å². The zero-order valence-corrected chi connectivity index (χ0v) is 11.0. The number of hydrogen-bond acceptors (Lipinski definition) is 2. The largest absolute Gasteiger partial charge is 0.478 e. The molecule has 0 unspecified atom stereocenters. The van der Waals surface area contributed by atoms with Crippen molar-refractivity contribution in [2.24, 2.45) is 0 Å². The van der Waals surface area contributed by atoms with Crippen LogP contribution in [0.2, 0.25) is 5.02 Å². The fourth-order valence-corrected chi connectivity index (χ4v) is 1.96. The summed E-state index contributed by atoms with van der Waals surface area (Å²) in [6.07, 6.45) is 2.31. The number of carboxylic acids is 1. The van der Waals surface area contributed by atoms with Crippen molar-refractivity contribution in [3.8, 4) is 11.3 Å². The minimum absolute atomic E-state index is 0.0566. The van der Waals surface area contributed by atoms with Crippen LogP contribution in [0.5, 0.6) is 0 Å². The van der Waals surface area contributed by atoms with Crippen LogP contribution in [0, 0.1) is 5.82 Å². The molecular weight excluding hydrogens is 271 g/mol. The van der Waals surface area contributed by atoms with Crippen LogP contribution in [0.3, 0.4) is 0 Å². The number of carbonyl (C=O) groups is 1. The quantitative estimate of drug-likeness (QED) is 0.934. The molecule has 2 aromatic rings. The predicted molar refractivity (Wildman–Crippen MR) is 69.9 cm³/mol. The molecule has 0 radical (unpaired) electrons. The minimum atomic E-state index is -1.07. The van der Waals surface area contributed by atoms with E-state index in [9.17, 15) is 14.3 Å². The molecule has 4 nitrogen and oxygen atoms in total. The minimum Gasteiger partial charge on any atom is -0.478 e. The first kappa shape index (κ1) is 13.5. The van der Waals surface area contributed by atoms with Crippen molar-refractivity contribution in [1.29, 1.82) is 0 Å². The van der Waals surface area contributed by atoms with E-state index < -0.39 is 11.8 Å². The molecule has 0 fully saturated rings. The Morgan fingerprint density at radius 2 is 2.26 bits per heavy atom. The second kappa shape index (κ2) is 5.40. The van der Waals surface area contributed by atoms with Gasteiger partial charge in [-0.3, -0.25) is 4.68 Å². The van der Waals surface area contributed by atoms with E-state index in [1.165, 1.54) is 24.4 Å². The lowest BCUT2D eigenvalue weighted by Crippen LogP contribution is -1.97. The second-order valence-electron chi connectivity index (χ2n) is 4.09. The van der Waals surface area contributed by atoms with Crippen molar-refractivity contribution in [2.75, 3.05) is 0 Å². The van der Waals surface area contributed by atoms with Crippen molar-refractivity contribution in [3.05, 3.63) is 40.8 Å². The van der Waals surface area contributed by atoms with Crippen molar-refractivity contribution in [2.45, 2.75) is 19.9 Å². The van der Waals surface area contributed by atoms with Crippen LogP contribution < -0.4 is 0 Å². The van der Waals surface area contributed by atoms with Crippen LogP contribution in [0.4, 0.5) is 4.39 Å². The van der Waals surface area contributed by atoms with E-state index in [1.54, 1.807) is 4.68 Å². The van der Waals surface area contributed by atoms with Gasteiger partial charge < -0.3 is 5.11 Å². The van der Waals surface area contributed by atoms with Crippen molar-refractivity contribution < 1.29 is 14.3 Å². The number of nitrogens with zero attached hydrogens (tertiary/aromatic N) is 2. The van der Waals surface area contributed by atoms with Gasteiger partial charge >= 0.3 is 5.97 Å². The average molecular weight is 283 g/mol. The molecular formula is C13H12ClFN2O2. The number of aromatic carboxylic acids is 1. The third kappa shape index (κ3) is 2.76. The highest BCUT2D eigenvalue weighted by molar-refractivity contribution is 6.31. The predicted octanol–water partition coefficient (Wildman–Crippen LogP) is 3.45. The van der Waals surface area contributed by atoms with Gasteiger partial charge in [0, 0.05) is 18.3 Å². The van der Waals surface area contributed by atoms with Gasteiger partial charge in [-0.1, -0.05) is 18.5 Å². The summed E-state index contributed by atoms with van der Waals surface area (Å²) in [4.78, 5) is 11.2. The number of aryl methyl sites for hydroxylation is 1. The maximum Gasteiger partial charge on any atom is 0.339 e. The summed E-state index contributed by atoms with van der Waals surface area (Å²) in [6.45, 7) is 2.59. The molecule has 0 aliphatic heterocycles. The summed E-state index contributed by atoms with van der Waals surface area (Å²) < 4.78 is 14.7. The van der Waals surface area contributed by atoms with Gasteiger partial charge in [0.25, 0.3) is 0 Å². The monoisotopic (exact) mass is 282 g/mol. The van der Waals surface area contributed by atoms with Crippen LogP contribution in [-0.2, 0) is 6.54 Å². The average Bonchev–Trinajstić information content (AvgIpc) is 2.77. The van der Waals surface area contributed by atoms with E-state index in [0.717, 1.165) is 6.42 Å². The first-order chi connectivity index (χ1) is 9.02. The molecule has 2 rings (SSSR count). The van der Waals surface area contributed by atoms with Crippen LogP contribution in [0.15, 0.2) is 24.4 Å². The van der Waals surface area contributed by atoms with Crippen molar-refractivity contribution in [3.63, 3.8) is 0 Å². The topological polar surface area (TPSA) is 55.1 Å². The molecule has 1 aromatic carbocycles. The Balaban J connectivity index is 2.53. The fourth-order valence-electron chi connectivity index (χ4n) is 1.78. The third-order valence-electron chi connectivity index (χ3n) is 2.64. The second-order valence-corrected chi connectivity index (χ2v) is 4.50. The molecule has 100 valence electrons. The van der Waals surface area contributed by atoms with E-state index in [1.807, 2.05) is 6.92 Å². The molecule has 0 aliphatic carbocycles. The standard InChI is InChI=1S/C13H12ClFN2O2/c1-2-5-17-7-9(13(18)19)12(16-17)8-3-4-11(15)10(14)6-8/h3-4,6-7H,2,5H2,1H3,(H,18,19). The first-order valence-corrected chi connectivity index (χ1v) is 6.17. The Hall–Kier alpha value is -1.88. The lowest BCUT2D eigenvalue weighted by Gasteiger charge is -2.01. The number of rotatable bonds is 4. The normalized spacial score (nSPS) is 10.7. The molecule has 0 spiro atoms. The van der Waals surface area contributed by atoms with Gasteiger partial charge in [0.15, 0.2) is 0 Å². The van der Waals surface area contributed by atoms with Gasteiger partial charge in [-0.15, -0.1) is 0 Å². The van der Waals surface area contributed by atoms with Gasteiger partial charge in [-0.25, -0.2) is 9.18 Å². The molecule has 0 saturated heterocycles. The smallest absolute Gasteiger partial charge is 0.339 e. The Kier molecular flexibility index (Phi) is 3.85. The summed E-state index contributed by atoms with van der Waals surface area (Å²) in [5.74, 6) is -1.62. The summed E-state index contributed by atoms with van der Waals surface area (Å²) in [6, 6.07) is 4.04. The highest BCUT2D eigenvalue weighted by Crippen LogP contribution is 2.26. The highest BCUT2D eigenvalue weighted by Gasteiger charge is 2.17. The number of hydrogen-bond donors (Lipinski definition) is 1. The van der Waals surface area contributed by atoms with E-state index in [4.69, 9.17) is 11.6 Å². The van der Waals surface area contributed by atoms with E-state index >= 15 is 0 Å². The molecule has 0 bridgehead atoms. The van der Waals surface area contributed by atoms with Crippen LogP contribution in [-0.4, -0.2) is 20.9 Å². The lowest BCUT2D eigenvalue weighted by atomic mass is 10.1. The molecule has 0 amide bonds. The summed E-state index contributed by atoms with van der Waals surface area (Å²) in [5, 5.41) is 13.3. The van der Waals surface area contributed by atoms with Gasteiger partial charge in [-0.2, -0.15) is 5.10 Å². The molecule has 1 N–H and O–H groups in total. The summed E-state index contributed by atoms with van der Waals surface area (Å²) in [5.41, 5.74) is 0.859. The highest BCUT2D eigenvalue weighted by atomic mass is 35.5. The van der Waals surface area contributed by atoms with Gasteiger partial charge in [0.1, 0.15) is 17.1 Å². The molecule has 0 saturated carbocycles. The van der Waals surface area contributed by atoms with Crippen molar-refractivity contribution >= 4 is 17.6 Å². The van der Waals surface area contributed by atoms with E-state index in [2.05, 4.69) is 5.10 Å². The number of carboxylic acid groups (broad SMARTS) is 1. The molecule has 19 heavy (non-hydrogen) atoms. The zero-order chi connectivity index (χ0) is 14.0. The van der Waals surface area contributed by atoms with Gasteiger partial charge in [0.05, 0.1) is 5.02 Å². The number of aromatic nitrogens is 2. The molecule has 0 atom stereocenters. The molecule has 1 aromatic heterocycles. The van der Waals surface area contributed by atoms with Crippen LogP contribution in [0.25, 0.3) is 11.3 Å². The molecule has 1 heterocycles. The first-order valence-electron chi connectivity index (χ1n) is 5.79. The number of benzene rings is 1. The molecule has 0 aliphatic rings.